The second-order valence-corrected chi connectivity index (χ2v) is 5.96. The van der Waals surface area contributed by atoms with E-state index in [0.717, 1.165) is 25.7 Å². The van der Waals surface area contributed by atoms with E-state index in [9.17, 15) is 5.11 Å². The molecule has 100 valence electrons. The summed E-state index contributed by atoms with van der Waals surface area (Å²) < 4.78 is 0. The van der Waals surface area contributed by atoms with Crippen LogP contribution in [0.15, 0.2) is 18.2 Å². The molecule has 1 unspecified atom stereocenters. The number of aliphatic hydroxyl groups excluding tert-OH is 1. The lowest BCUT2D eigenvalue weighted by Gasteiger charge is -2.40. The first kappa shape index (κ1) is 14.1. The first-order chi connectivity index (χ1) is 8.60. The molecule has 0 bridgehead atoms. The van der Waals surface area contributed by atoms with E-state index in [4.69, 9.17) is 28.9 Å². The first-order valence-corrected chi connectivity index (χ1v) is 7.18. The van der Waals surface area contributed by atoms with Gasteiger partial charge in [0, 0.05) is 17.5 Å². The maximum atomic E-state index is 10.7. The van der Waals surface area contributed by atoms with Gasteiger partial charge in [-0.3, -0.25) is 0 Å². The second kappa shape index (κ2) is 5.79. The average molecular weight is 288 g/mol. The summed E-state index contributed by atoms with van der Waals surface area (Å²) in [6.07, 6.45) is 4.73. The van der Waals surface area contributed by atoms with Crippen molar-refractivity contribution in [3.63, 3.8) is 0 Å². The molecule has 1 atom stereocenters. The molecule has 0 saturated heterocycles. The van der Waals surface area contributed by atoms with Crippen LogP contribution in [0.4, 0.5) is 0 Å². The van der Waals surface area contributed by atoms with Crippen LogP contribution in [0, 0.1) is 5.41 Å². The van der Waals surface area contributed by atoms with Crippen molar-refractivity contribution in [2.45, 2.75) is 38.2 Å². The van der Waals surface area contributed by atoms with Crippen molar-refractivity contribution < 1.29 is 5.11 Å². The molecule has 4 heteroatoms. The molecule has 1 saturated carbocycles. The predicted octanol–water partition coefficient (Wildman–Crippen LogP) is 3.94. The fourth-order valence-electron chi connectivity index (χ4n) is 2.91. The van der Waals surface area contributed by atoms with E-state index < -0.39 is 6.10 Å². The van der Waals surface area contributed by atoms with Gasteiger partial charge in [-0.15, -0.1) is 0 Å². The fraction of sp³-hybridized carbons (Fsp3) is 0.571. The first-order valence-electron chi connectivity index (χ1n) is 6.43. The number of hydrogen-bond donors (Lipinski definition) is 2. The van der Waals surface area contributed by atoms with E-state index in [1.807, 2.05) is 12.1 Å². The minimum Gasteiger partial charge on any atom is -0.388 e. The Morgan fingerprint density at radius 3 is 2.50 bits per heavy atom. The smallest absolute Gasteiger partial charge is 0.0873 e. The average Bonchev–Trinajstić information content (AvgIpc) is 2.42. The third-order valence-corrected chi connectivity index (χ3v) is 4.95. The highest BCUT2D eigenvalue weighted by atomic mass is 35.5. The Balaban J connectivity index is 2.33. The molecule has 0 heterocycles. The van der Waals surface area contributed by atoms with Gasteiger partial charge in [0.2, 0.25) is 0 Å². The molecule has 0 aromatic heterocycles. The maximum Gasteiger partial charge on any atom is 0.0873 e. The van der Waals surface area contributed by atoms with Gasteiger partial charge in [0.05, 0.1) is 16.1 Å². The number of nitrogens with two attached hydrogens (primary N) is 1. The van der Waals surface area contributed by atoms with Crippen LogP contribution >= 0.6 is 23.2 Å². The van der Waals surface area contributed by atoms with Crippen LogP contribution in [0.1, 0.15) is 43.8 Å². The van der Waals surface area contributed by atoms with Gasteiger partial charge in [-0.1, -0.05) is 54.6 Å². The lowest BCUT2D eigenvalue weighted by atomic mass is 9.68. The number of aliphatic hydroxyl groups is 1. The molecule has 0 spiro atoms. The summed E-state index contributed by atoms with van der Waals surface area (Å²) in [5.41, 5.74) is 6.39. The zero-order valence-corrected chi connectivity index (χ0v) is 11.8. The van der Waals surface area contributed by atoms with Gasteiger partial charge >= 0.3 is 0 Å². The summed E-state index contributed by atoms with van der Waals surface area (Å²) in [5, 5.41) is 11.6. The highest BCUT2D eigenvalue weighted by molar-refractivity contribution is 6.42. The summed E-state index contributed by atoms with van der Waals surface area (Å²) in [6, 6.07) is 5.39. The van der Waals surface area contributed by atoms with E-state index in [2.05, 4.69) is 0 Å². The molecule has 2 rings (SSSR count). The molecule has 0 radical (unpaired) electrons. The molecule has 1 aromatic carbocycles. The Bertz CT molecular complexity index is 416. The Morgan fingerprint density at radius 2 is 1.89 bits per heavy atom. The van der Waals surface area contributed by atoms with Crippen molar-refractivity contribution in [3.05, 3.63) is 33.8 Å². The third kappa shape index (κ3) is 2.53. The van der Waals surface area contributed by atoms with Crippen LogP contribution in [-0.4, -0.2) is 11.7 Å². The zero-order valence-electron chi connectivity index (χ0n) is 10.3. The van der Waals surface area contributed by atoms with Gasteiger partial charge in [0.15, 0.2) is 0 Å². The zero-order chi connectivity index (χ0) is 13.2. The summed E-state index contributed by atoms with van der Waals surface area (Å²) in [5.74, 6) is 0. The lowest BCUT2D eigenvalue weighted by Crippen LogP contribution is -2.38. The summed E-state index contributed by atoms with van der Waals surface area (Å²) in [6.45, 7) is 0.483. The summed E-state index contributed by atoms with van der Waals surface area (Å²) in [4.78, 5) is 0. The Kier molecular flexibility index (Phi) is 4.54. The Labute approximate surface area is 118 Å². The molecule has 1 aliphatic rings. The number of halogens is 2. The predicted molar refractivity (Wildman–Crippen MR) is 76.0 cm³/mol. The Hall–Kier alpha value is -0.280. The topological polar surface area (TPSA) is 46.2 Å². The van der Waals surface area contributed by atoms with Gasteiger partial charge in [-0.25, -0.2) is 0 Å². The highest BCUT2D eigenvalue weighted by Crippen LogP contribution is 2.47. The molecule has 1 aliphatic carbocycles. The van der Waals surface area contributed by atoms with E-state index >= 15 is 0 Å². The van der Waals surface area contributed by atoms with Crippen LogP contribution in [-0.2, 0) is 0 Å². The molecule has 2 nitrogen and oxygen atoms in total. The molecule has 18 heavy (non-hydrogen) atoms. The quantitative estimate of drug-likeness (QED) is 0.885. The fourth-order valence-corrected chi connectivity index (χ4v) is 3.32. The van der Waals surface area contributed by atoms with Gasteiger partial charge in [0.1, 0.15) is 0 Å². The molecule has 0 amide bonds. The maximum absolute atomic E-state index is 10.7. The standard InChI is InChI=1S/C14H19Cl2NO/c15-11-6-4-5-10(12(11)16)13(18)14(9-17)7-2-1-3-8-14/h4-6,13,18H,1-3,7-9,17H2. The van der Waals surface area contributed by atoms with Crippen molar-refractivity contribution >= 4 is 23.2 Å². The minimum atomic E-state index is -0.631. The third-order valence-electron chi connectivity index (χ3n) is 4.11. The van der Waals surface area contributed by atoms with Gasteiger partial charge in [-0.2, -0.15) is 0 Å². The molecule has 3 N–H and O–H groups in total. The van der Waals surface area contributed by atoms with Crippen LogP contribution in [0.3, 0.4) is 0 Å². The lowest BCUT2D eigenvalue weighted by molar-refractivity contribution is 0.000770. The van der Waals surface area contributed by atoms with Crippen LogP contribution < -0.4 is 5.73 Å². The molecule has 1 aromatic rings. The number of rotatable bonds is 3. The van der Waals surface area contributed by atoms with E-state index in [0.29, 0.717) is 22.2 Å². The van der Waals surface area contributed by atoms with Crippen LogP contribution in [0.2, 0.25) is 10.0 Å². The van der Waals surface area contributed by atoms with Gasteiger partial charge < -0.3 is 10.8 Å². The van der Waals surface area contributed by atoms with Crippen molar-refractivity contribution in [3.8, 4) is 0 Å². The monoisotopic (exact) mass is 287 g/mol. The van der Waals surface area contributed by atoms with Crippen molar-refractivity contribution in [1.29, 1.82) is 0 Å². The largest absolute Gasteiger partial charge is 0.388 e. The summed E-state index contributed by atoms with van der Waals surface area (Å²) >= 11 is 12.2. The van der Waals surface area contributed by atoms with Gasteiger partial charge in [0.25, 0.3) is 0 Å². The van der Waals surface area contributed by atoms with Crippen molar-refractivity contribution in [1.82, 2.24) is 0 Å². The van der Waals surface area contributed by atoms with E-state index in [-0.39, 0.29) is 5.41 Å². The van der Waals surface area contributed by atoms with Gasteiger partial charge in [-0.05, 0) is 18.9 Å². The second-order valence-electron chi connectivity index (χ2n) is 5.17. The van der Waals surface area contributed by atoms with Crippen LogP contribution in [0.25, 0.3) is 0 Å². The normalized spacial score (nSPS) is 20.7. The number of hydrogen-bond acceptors (Lipinski definition) is 2. The van der Waals surface area contributed by atoms with E-state index in [1.165, 1.54) is 6.42 Å². The summed E-state index contributed by atoms with van der Waals surface area (Å²) in [7, 11) is 0. The Morgan fingerprint density at radius 1 is 1.22 bits per heavy atom. The molecule has 1 fully saturated rings. The molecule has 0 aliphatic heterocycles. The van der Waals surface area contributed by atoms with Crippen molar-refractivity contribution in [2.75, 3.05) is 6.54 Å². The molecular formula is C14H19Cl2NO. The highest BCUT2D eigenvalue weighted by Gasteiger charge is 2.39. The number of benzene rings is 1. The SMILES string of the molecule is NCC1(C(O)c2cccc(Cl)c2Cl)CCCCC1. The molecular weight excluding hydrogens is 269 g/mol. The van der Waals surface area contributed by atoms with E-state index in [1.54, 1.807) is 6.07 Å². The van der Waals surface area contributed by atoms with Crippen molar-refractivity contribution in [2.24, 2.45) is 11.1 Å². The minimum absolute atomic E-state index is 0.243. The van der Waals surface area contributed by atoms with Crippen LogP contribution in [0.5, 0.6) is 0 Å².